The van der Waals surface area contributed by atoms with Gasteiger partial charge >= 0.3 is 0 Å². The summed E-state index contributed by atoms with van der Waals surface area (Å²) in [5, 5.41) is 0. The highest BCUT2D eigenvalue weighted by molar-refractivity contribution is 6.16. The normalized spacial score (nSPS) is 14.8. The summed E-state index contributed by atoms with van der Waals surface area (Å²) in [6.07, 6.45) is 1.78. The maximum absolute atomic E-state index is 13.3. The highest BCUT2D eigenvalue weighted by Crippen LogP contribution is 2.31. The molecule has 1 aromatic heterocycles. The van der Waals surface area contributed by atoms with E-state index in [0.29, 0.717) is 44.0 Å². The Morgan fingerprint density at radius 1 is 0.972 bits per heavy atom. The Hall–Kier alpha value is -4.04. The molecule has 2 amide bonds. The first-order valence-corrected chi connectivity index (χ1v) is 11.9. The van der Waals surface area contributed by atoms with E-state index in [-0.39, 0.29) is 11.8 Å². The van der Waals surface area contributed by atoms with Crippen molar-refractivity contribution < 1.29 is 19.1 Å². The van der Waals surface area contributed by atoms with E-state index in [1.54, 1.807) is 38.4 Å². The molecule has 2 aliphatic heterocycles. The Morgan fingerprint density at radius 2 is 1.72 bits per heavy atom. The fourth-order valence-electron chi connectivity index (χ4n) is 4.54. The molecule has 0 saturated carbocycles. The largest absolute Gasteiger partial charge is 0.496 e. The van der Waals surface area contributed by atoms with Gasteiger partial charge in [0.1, 0.15) is 5.75 Å². The summed E-state index contributed by atoms with van der Waals surface area (Å²) in [5.74, 6) is 0.461. The number of fused-ring (bicyclic) bond motifs is 1. The molecule has 3 aromatic rings. The number of para-hydroxylation sites is 1. The molecule has 2 aliphatic rings. The van der Waals surface area contributed by atoms with Crippen LogP contribution in [0.1, 0.15) is 37.5 Å². The first-order chi connectivity index (χ1) is 17.5. The van der Waals surface area contributed by atoms with Crippen LogP contribution in [0.15, 0.2) is 59.7 Å². The predicted octanol–water partition coefficient (Wildman–Crippen LogP) is 3.28. The van der Waals surface area contributed by atoms with Crippen LogP contribution in [-0.4, -0.2) is 79.8 Å². The zero-order chi connectivity index (χ0) is 25.2. The van der Waals surface area contributed by atoms with E-state index in [1.165, 1.54) is 4.90 Å². The molecule has 8 nitrogen and oxygen atoms in total. The second-order valence-electron chi connectivity index (χ2n) is 8.99. The number of carbonyl (C=O) groups excluding carboxylic acids is 2. The molecule has 0 aliphatic carbocycles. The lowest BCUT2D eigenvalue weighted by Gasteiger charge is -2.27. The summed E-state index contributed by atoms with van der Waals surface area (Å²) in [6, 6.07) is 15.1. The monoisotopic (exact) mass is 484 g/mol. The smallest absolute Gasteiger partial charge is 0.254 e. The minimum atomic E-state index is -0.168. The third-order valence-electron chi connectivity index (χ3n) is 6.44. The van der Waals surface area contributed by atoms with E-state index in [0.717, 1.165) is 39.4 Å². The van der Waals surface area contributed by atoms with Gasteiger partial charge in [-0.1, -0.05) is 12.1 Å². The predicted molar refractivity (Wildman–Crippen MR) is 137 cm³/mol. The van der Waals surface area contributed by atoms with Gasteiger partial charge in [0.15, 0.2) is 0 Å². The second kappa shape index (κ2) is 9.91. The fraction of sp³-hybridized carbons (Fsp3) is 0.286. The average Bonchev–Trinajstić information content (AvgIpc) is 3.35. The molecule has 2 aromatic carbocycles. The van der Waals surface area contributed by atoms with Crippen LogP contribution in [0.4, 0.5) is 0 Å². The van der Waals surface area contributed by atoms with Crippen LogP contribution in [0.2, 0.25) is 0 Å². The van der Waals surface area contributed by atoms with E-state index < -0.39 is 0 Å². The first-order valence-electron chi connectivity index (χ1n) is 11.9. The molecule has 0 unspecified atom stereocenters. The van der Waals surface area contributed by atoms with Gasteiger partial charge in [-0.05, 0) is 42.0 Å². The number of rotatable bonds is 5. The number of ether oxygens (including phenoxy) is 2. The maximum Gasteiger partial charge on any atom is 0.254 e. The Bertz CT molecular complexity index is 1360. The molecule has 0 atom stereocenters. The van der Waals surface area contributed by atoms with E-state index in [9.17, 15) is 9.59 Å². The van der Waals surface area contributed by atoms with Crippen molar-refractivity contribution in [2.45, 2.75) is 6.54 Å². The van der Waals surface area contributed by atoms with E-state index in [1.807, 2.05) is 42.5 Å². The van der Waals surface area contributed by atoms with Crippen molar-refractivity contribution in [2.75, 3.05) is 47.5 Å². The van der Waals surface area contributed by atoms with Crippen LogP contribution < -0.4 is 4.74 Å². The third-order valence-corrected chi connectivity index (χ3v) is 6.44. The number of carbonyl (C=O) groups is 2. The minimum absolute atomic E-state index is 0.113. The van der Waals surface area contributed by atoms with Crippen LogP contribution in [0.3, 0.4) is 0 Å². The van der Waals surface area contributed by atoms with Gasteiger partial charge in [0.25, 0.3) is 11.8 Å². The molecule has 1 fully saturated rings. The summed E-state index contributed by atoms with van der Waals surface area (Å²) in [6.45, 7) is 2.56. The highest BCUT2D eigenvalue weighted by atomic mass is 16.5. The molecule has 1 saturated heterocycles. The summed E-state index contributed by atoms with van der Waals surface area (Å²) in [4.78, 5) is 38.9. The number of hydrogen-bond donors (Lipinski definition) is 0. The molecule has 184 valence electrons. The summed E-state index contributed by atoms with van der Waals surface area (Å²) >= 11 is 0. The molecule has 0 bridgehead atoms. The number of morpholine rings is 1. The number of methoxy groups -OCH3 is 1. The van der Waals surface area contributed by atoms with E-state index in [4.69, 9.17) is 14.5 Å². The maximum atomic E-state index is 13.3. The third kappa shape index (κ3) is 4.47. The zero-order valence-corrected chi connectivity index (χ0v) is 20.7. The Labute approximate surface area is 210 Å². The minimum Gasteiger partial charge on any atom is -0.496 e. The van der Waals surface area contributed by atoms with Crippen molar-refractivity contribution in [1.82, 2.24) is 14.8 Å². The van der Waals surface area contributed by atoms with Crippen molar-refractivity contribution in [2.24, 2.45) is 4.99 Å². The summed E-state index contributed by atoms with van der Waals surface area (Å²) in [5.41, 5.74) is 6.00. The number of aliphatic imine (C=N–C) groups is 1. The van der Waals surface area contributed by atoms with Gasteiger partial charge in [-0.3, -0.25) is 19.6 Å². The molecular formula is C28H28N4O4. The van der Waals surface area contributed by atoms with Gasteiger partial charge in [0, 0.05) is 61.2 Å². The second-order valence-corrected chi connectivity index (χ2v) is 8.99. The Morgan fingerprint density at radius 3 is 2.47 bits per heavy atom. The number of benzene rings is 2. The van der Waals surface area contributed by atoms with Crippen LogP contribution in [0.25, 0.3) is 11.1 Å². The summed E-state index contributed by atoms with van der Waals surface area (Å²) in [7, 11) is 5.04. The van der Waals surface area contributed by atoms with Crippen molar-refractivity contribution in [3.05, 3.63) is 82.7 Å². The number of nitrogens with zero attached hydrogens (tertiary/aromatic N) is 4. The van der Waals surface area contributed by atoms with Crippen LogP contribution in [0.5, 0.6) is 5.75 Å². The van der Waals surface area contributed by atoms with Crippen LogP contribution >= 0.6 is 0 Å². The Kier molecular flexibility index (Phi) is 6.52. The Balaban J connectivity index is 1.58. The number of aromatic nitrogens is 1. The molecule has 3 heterocycles. The van der Waals surface area contributed by atoms with E-state index in [2.05, 4.69) is 4.98 Å². The molecule has 36 heavy (non-hydrogen) atoms. The van der Waals surface area contributed by atoms with Gasteiger partial charge < -0.3 is 19.3 Å². The van der Waals surface area contributed by atoms with Crippen LogP contribution in [0, 0.1) is 0 Å². The molecule has 0 radical (unpaired) electrons. The zero-order valence-electron chi connectivity index (χ0n) is 20.7. The van der Waals surface area contributed by atoms with Gasteiger partial charge in [-0.2, -0.15) is 0 Å². The van der Waals surface area contributed by atoms with Gasteiger partial charge in [-0.25, -0.2) is 0 Å². The van der Waals surface area contributed by atoms with Crippen molar-refractivity contribution in [3.8, 4) is 16.9 Å². The average molecular weight is 485 g/mol. The highest BCUT2D eigenvalue weighted by Gasteiger charge is 2.24. The quantitative estimate of drug-likeness (QED) is 0.555. The fourth-order valence-corrected chi connectivity index (χ4v) is 4.54. The number of hydrogen-bond acceptors (Lipinski definition) is 6. The van der Waals surface area contributed by atoms with Gasteiger partial charge in [0.05, 0.1) is 38.3 Å². The lowest BCUT2D eigenvalue weighted by molar-refractivity contribution is 0.0303. The van der Waals surface area contributed by atoms with Crippen molar-refractivity contribution >= 4 is 17.5 Å². The topological polar surface area (TPSA) is 84.3 Å². The number of pyridine rings is 1. The molecule has 0 N–H and O–H groups in total. The lowest BCUT2D eigenvalue weighted by atomic mass is 9.95. The van der Waals surface area contributed by atoms with Crippen molar-refractivity contribution in [1.29, 1.82) is 0 Å². The van der Waals surface area contributed by atoms with Crippen molar-refractivity contribution in [3.63, 3.8) is 0 Å². The van der Waals surface area contributed by atoms with Crippen LogP contribution in [-0.2, 0) is 11.3 Å². The van der Waals surface area contributed by atoms with Gasteiger partial charge in [0.2, 0.25) is 0 Å². The molecule has 8 heteroatoms. The molecule has 5 rings (SSSR count). The van der Waals surface area contributed by atoms with E-state index >= 15 is 0 Å². The first kappa shape index (κ1) is 23.7. The summed E-state index contributed by atoms with van der Waals surface area (Å²) < 4.78 is 11.0. The standard InChI is InChI=1S/C28H28N4O4/c1-31(2)27(33)19-12-18(13-20(14-19)28(34)32-8-10-36-11-9-32)21-15-23-24(29-16-21)17-30-26(23)22-6-4-5-7-25(22)35-3/h4-7,12-16H,8-11,17H2,1-3H3. The molecular weight excluding hydrogens is 456 g/mol. The lowest BCUT2D eigenvalue weighted by Crippen LogP contribution is -2.40. The van der Waals surface area contributed by atoms with Gasteiger partial charge in [-0.15, -0.1) is 0 Å². The number of amides is 2. The SMILES string of the molecule is COc1ccccc1C1=NCc2ncc(-c3cc(C(=O)N(C)C)cc(C(=O)N4CCOCC4)c3)cc21. The molecule has 0 spiro atoms.